The second-order valence-electron chi connectivity index (χ2n) is 6.86. The van der Waals surface area contributed by atoms with Gasteiger partial charge in [-0.2, -0.15) is 0 Å². The van der Waals surface area contributed by atoms with Crippen LogP contribution in [0.3, 0.4) is 0 Å². The predicted molar refractivity (Wildman–Crippen MR) is 112 cm³/mol. The fourth-order valence-electron chi connectivity index (χ4n) is 3.53. The molecule has 4 rings (SSSR count). The van der Waals surface area contributed by atoms with Crippen LogP contribution in [0.15, 0.2) is 65.1 Å². The number of carbonyl (C=O) groups is 2. The molecule has 0 aliphatic carbocycles. The van der Waals surface area contributed by atoms with Crippen LogP contribution in [-0.2, 0) is 9.59 Å². The van der Waals surface area contributed by atoms with E-state index in [1.54, 1.807) is 4.90 Å². The molecule has 1 aliphatic heterocycles. The van der Waals surface area contributed by atoms with Gasteiger partial charge in [0.15, 0.2) is 0 Å². The van der Waals surface area contributed by atoms with Crippen LogP contribution in [-0.4, -0.2) is 18.4 Å². The largest absolute Gasteiger partial charge is 0.326 e. The van der Waals surface area contributed by atoms with E-state index in [9.17, 15) is 9.59 Å². The van der Waals surface area contributed by atoms with Gasteiger partial charge in [-0.25, -0.2) is 0 Å². The molecule has 2 amide bonds. The lowest BCUT2D eigenvalue weighted by Gasteiger charge is -2.19. The minimum absolute atomic E-state index is 0.0153. The summed E-state index contributed by atoms with van der Waals surface area (Å²) < 4.78 is 0.999. The molecule has 0 bridgehead atoms. The molecule has 3 aromatic rings. The Balaban J connectivity index is 1.55. The summed E-state index contributed by atoms with van der Waals surface area (Å²) in [6.45, 7) is 2.37. The molecule has 136 valence electrons. The standard InChI is InChI=1S/C22H19BrN2O2/c1-14-11-17(9-10-19(14)23)24-22(27)16-12-21(26)25(13-16)20-8-4-6-15-5-2-3-7-18(15)20/h2-11,16H,12-13H2,1H3,(H,24,27)/t16-/m0/s1. The minimum Gasteiger partial charge on any atom is -0.326 e. The van der Waals surface area contributed by atoms with Crippen molar-refractivity contribution in [2.75, 3.05) is 16.8 Å². The SMILES string of the molecule is Cc1cc(NC(=O)[C@H]2CC(=O)N(c3cccc4ccccc34)C2)ccc1Br. The number of anilines is 2. The Bertz CT molecular complexity index is 1040. The van der Waals surface area contributed by atoms with Crippen LogP contribution < -0.4 is 10.2 Å². The molecule has 0 unspecified atom stereocenters. The van der Waals surface area contributed by atoms with E-state index in [1.807, 2.05) is 67.6 Å². The third-order valence-electron chi connectivity index (χ3n) is 4.98. The summed E-state index contributed by atoms with van der Waals surface area (Å²) in [5, 5.41) is 5.05. The van der Waals surface area contributed by atoms with Gasteiger partial charge in [-0.1, -0.05) is 52.3 Å². The first-order valence-electron chi connectivity index (χ1n) is 8.88. The quantitative estimate of drug-likeness (QED) is 0.652. The summed E-state index contributed by atoms with van der Waals surface area (Å²) in [6, 6.07) is 19.6. The predicted octanol–water partition coefficient (Wildman–Crippen LogP) is 4.90. The van der Waals surface area contributed by atoms with Crippen LogP contribution in [0.2, 0.25) is 0 Å². The second-order valence-corrected chi connectivity index (χ2v) is 7.71. The number of carbonyl (C=O) groups excluding carboxylic acids is 2. The van der Waals surface area contributed by atoms with E-state index >= 15 is 0 Å². The summed E-state index contributed by atoms with van der Waals surface area (Å²) in [4.78, 5) is 27.1. The Morgan fingerprint density at radius 3 is 2.70 bits per heavy atom. The van der Waals surface area contributed by atoms with Gasteiger partial charge in [-0.15, -0.1) is 0 Å². The van der Waals surface area contributed by atoms with Gasteiger partial charge < -0.3 is 10.2 Å². The number of benzene rings is 3. The highest BCUT2D eigenvalue weighted by Crippen LogP contribution is 2.32. The Morgan fingerprint density at radius 1 is 1.11 bits per heavy atom. The Labute approximate surface area is 166 Å². The number of aryl methyl sites for hydroxylation is 1. The van der Waals surface area contributed by atoms with Crippen molar-refractivity contribution in [1.29, 1.82) is 0 Å². The third-order valence-corrected chi connectivity index (χ3v) is 5.87. The van der Waals surface area contributed by atoms with E-state index in [-0.39, 0.29) is 24.2 Å². The normalized spacial score (nSPS) is 16.7. The zero-order valence-electron chi connectivity index (χ0n) is 14.9. The van der Waals surface area contributed by atoms with Crippen molar-refractivity contribution in [3.63, 3.8) is 0 Å². The average Bonchev–Trinajstić information content (AvgIpc) is 3.06. The van der Waals surface area contributed by atoms with E-state index in [0.29, 0.717) is 6.54 Å². The molecule has 27 heavy (non-hydrogen) atoms. The summed E-state index contributed by atoms with van der Waals surface area (Å²) in [5.41, 5.74) is 2.66. The monoisotopic (exact) mass is 422 g/mol. The Kier molecular flexibility index (Phi) is 4.70. The maximum absolute atomic E-state index is 12.7. The number of fused-ring (bicyclic) bond motifs is 1. The van der Waals surface area contributed by atoms with Gasteiger partial charge in [0.05, 0.1) is 11.6 Å². The van der Waals surface area contributed by atoms with Crippen LogP contribution >= 0.6 is 15.9 Å². The lowest BCUT2D eigenvalue weighted by molar-refractivity contribution is -0.122. The maximum Gasteiger partial charge on any atom is 0.229 e. The van der Waals surface area contributed by atoms with Crippen molar-refractivity contribution in [1.82, 2.24) is 0 Å². The molecule has 1 heterocycles. The lowest BCUT2D eigenvalue weighted by atomic mass is 10.1. The van der Waals surface area contributed by atoms with Crippen molar-refractivity contribution < 1.29 is 9.59 Å². The molecule has 1 saturated heterocycles. The molecule has 1 N–H and O–H groups in total. The van der Waals surface area contributed by atoms with Gasteiger partial charge in [-0.05, 0) is 42.1 Å². The number of nitrogens with one attached hydrogen (secondary N) is 1. The first kappa shape index (κ1) is 17.7. The smallest absolute Gasteiger partial charge is 0.229 e. The highest BCUT2D eigenvalue weighted by atomic mass is 79.9. The van der Waals surface area contributed by atoms with Gasteiger partial charge in [0.1, 0.15) is 0 Å². The fraction of sp³-hybridized carbons (Fsp3) is 0.182. The zero-order valence-corrected chi connectivity index (χ0v) is 16.5. The number of hydrogen-bond acceptors (Lipinski definition) is 2. The molecule has 1 fully saturated rings. The lowest BCUT2D eigenvalue weighted by Crippen LogP contribution is -2.28. The molecule has 1 atom stereocenters. The van der Waals surface area contributed by atoms with Gasteiger partial charge in [-0.3, -0.25) is 9.59 Å². The fourth-order valence-corrected chi connectivity index (χ4v) is 3.77. The number of hydrogen-bond donors (Lipinski definition) is 1. The van der Waals surface area contributed by atoms with Crippen LogP contribution in [0.5, 0.6) is 0 Å². The number of amides is 2. The summed E-state index contributed by atoms with van der Waals surface area (Å²) >= 11 is 3.46. The van der Waals surface area contributed by atoms with Gasteiger partial charge in [0.25, 0.3) is 0 Å². The summed E-state index contributed by atoms with van der Waals surface area (Å²) in [5.74, 6) is -0.494. The Hall–Kier alpha value is -2.66. The van der Waals surface area contributed by atoms with Crippen LogP contribution in [0.4, 0.5) is 11.4 Å². The van der Waals surface area contributed by atoms with E-state index in [2.05, 4.69) is 21.2 Å². The van der Waals surface area contributed by atoms with E-state index in [1.165, 1.54) is 0 Å². The van der Waals surface area contributed by atoms with Crippen LogP contribution in [0.25, 0.3) is 10.8 Å². The van der Waals surface area contributed by atoms with E-state index in [0.717, 1.165) is 32.2 Å². The highest BCUT2D eigenvalue weighted by molar-refractivity contribution is 9.10. The van der Waals surface area contributed by atoms with Crippen LogP contribution in [0.1, 0.15) is 12.0 Å². The van der Waals surface area contributed by atoms with Crippen molar-refractivity contribution in [3.8, 4) is 0 Å². The molecule has 0 radical (unpaired) electrons. The number of rotatable bonds is 3. The molecule has 0 aromatic heterocycles. The van der Waals surface area contributed by atoms with Crippen LogP contribution in [0, 0.1) is 12.8 Å². The molecular formula is C22H19BrN2O2. The van der Waals surface area contributed by atoms with Crippen molar-refractivity contribution >= 4 is 49.9 Å². The number of nitrogens with zero attached hydrogens (tertiary/aromatic N) is 1. The molecule has 4 nitrogen and oxygen atoms in total. The topological polar surface area (TPSA) is 49.4 Å². The first-order valence-corrected chi connectivity index (χ1v) is 9.67. The molecule has 1 aliphatic rings. The summed E-state index contributed by atoms with van der Waals surface area (Å²) in [6.07, 6.45) is 0.227. The Morgan fingerprint density at radius 2 is 1.89 bits per heavy atom. The average molecular weight is 423 g/mol. The molecule has 0 spiro atoms. The minimum atomic E-state index is -0.361. The zero-order chi connectivity index (χ0) is 19.0. The van der Waals surface area contributed by atoms with Gasteiger partial charge >= 0.3 is 0 Å². The molecule has 3 aromatic carbocycles. The molecule has 0 saturated carbocycles. The van der Waals surface area contributed by atoms with Gasteiger partial charge in [0.2, 0.25) is 11.8 Å². The third kappa shape index (κ3) is 3.47. The summed E-state index contributed by atoms with van der Waals surface area (Å²) in [7, 11) is 0. The molecular weight excluding hydrogens is 404 g/mol. The highest BCUT2D eigenvalue weighted by Gasteiger charge is 2.35. The van der Waals surface area contributed by atoms with Gasteiger partial charge in [0, 0.05) is 28.5 Å². The second kappa shape index (κ2) is 7.16. The van der Waals surface area contributed by atoms with E-state index in [4.69, 9.17) is 0 Å². The number of halogens is 1. The van der Waals surface area contributed by atoms with Crippen molar-refractivity contribution in [3.05, 3.63) is 70.7 Å². The van der Waals surface area contributed by atoms with Crippen molar-refractivity contribution in [2.24, 2.45) is 5.92 Å². The first-order chi connectivity index (χ1) is 13.0. The maximum atomic E-state index is 12.7. The van der Waals surface area contributed by atoms with E-state index < -0.39 is 0 Å². The molecule has 5 heteroatoms. The van der Waals surface area contributed by atoms with Crippen molar-refractivity contribution in [2.45, 2.75) is 13.3 Å².